The summed E-state index contributed by atoms with van der Waals surface area (Å²) in [5.41, 5.74) is 3.09. The monoisotopic (exact) mass is 184 g/mol. The number of hydrogen-bond donors (Lipinski definition) is 1. The van der Waals surface area contributed by atoms with Crippen molar-refractivity contribution in [3.8, 4) is 0 Å². The molecule has 1 N–H and O–H groups in total. The van der Waals surface area contributed by atoms with Gasteiger partial charge < -0.3 is 5.11 Å². The predicted octanol–water partition coefficient (Wildman–Crippen LogP) is 2.70. The minimum absolute atomic E-state index is 0.0883. The van der Waals surface area contributed by atoms with Gasteiger partial charge >= 0.3 is 0 Å². The van der Waals surface area contributed by atoms with Crippen LogP contribution in [0.4, 0.5) is 0 Å². The second-order valence-electron chi connectivity index (χ2n) is 2.90. The molecule has 1 nitrogen and oxygen atoms in total. The van der Waals surface area contributed by atoms with Gasteiger partial charge in [0, 0.05) is 5.02 Å². The third-order valence-corrected chi connectivity index (χ3v) is 2.49. The first kappa shape index (κ1) is 9.56. The molecule has 0 aliphatic heterocycles. The highest BCUT2D eigenvalue weighted by atomic mass is 35.5. The lowest BCUT2D eigenvalue weighted by Gasteiger charge is -2.07. The summed E-state index contributed by atoms with van der Waals surface area (Å²) in [5, 5.41) is 9.76. The highest BCUT2D eigenvalue weighted by molar-refractivity contribution is 6.32. The van der Waals surface area contributed by atoms with E-state index in [2.05, 4.69) is 6.92 Å². The third-order valence-electron chi connectivity index (χ3n) is 1.95. The number of aliphatic hydroxyl groups is 1. The Labute approximate surface area is 78.0 Å². The molecule has 0 radical (unpaired) electrons. The van der Waals surface area contributed by atoms with E-state index in [4.69, 9.17) is 16.7 Å². The molecule has 0 unspecified atom stereocenters. The highest BCUT2D eigenvalue weighted by Crippen LogP contribution is 2.22. The van der Waals surface area contributed by atoms with Crippen LogP contribution >= 0.6 is 11.6 Å². The molecule has 1 rings (SSSR count). The molecule has 0 aliphatic rings. The molecule has 0 amide bonds. The van der Waals surface area contributed by atoms with Crippen LogP contribution in [-0.2, 0) is 13.0 Å². The standard InChI is InChI=1S/C10H13ClO/c1-3-9-5-8(6-12)4-7(2)10(9)11/h4-5,12H,3,6H2,1-2H3. The zero-order chi connectivity index (χ0) is 9.14. The lowest BCUT2D eigenvalue weighted by molar-refractivity contribution is 0.281. The van der Waals surface area contributed by atoms with Crippen LogP contribution < -0.4 is 0 Å². The van der Waals surface area contributed by atoms with Crippen LogP contribution in [-0.4, -0.2) is 5.11 Å². The van der Waals surface area contributed by atoms with Gasteiger partial charge in [-0.3, -0.25) is 0 Å². The lowest BCUT2D eigenvalue weighted by Crippen LogP contribution is -1.91. The van der Waals surface area contributed by atoms with Gasteiger partial charge in [0.1, 0.15) is 0 Å². The maximum absolute atomic E-state index is 8.93. The molecule has 66 valence electrons. The van der Waals surface area contributed by atoms with Gasteiger partial charge in [0.25, 0.3) is 0 Å². The topological polar surface area (TPSA) is 20.2 Å². The zero-order valence-corrected chi connectivity index (χ0v) is 8.15. The number of hydrogen-bond acceptors (Lipinski definition) is 1. The van der Waals surface area contributed by atoms with Gasteiger partial charge in [-0.2, -0.15) is 0 Å². The summed E-state index contributed by atoms with van der Waals surface area (Å²) in [6, 6.07) is 3.87. The molecule has 0 atom stereocenters. The Kier molecular flexibility index (Phi) is 3.12. The largest absolute Gasteiger partial charge is 0.392 e. The molecule has 12 heavy (non-hydrogen) atoms. The van der Waals surface area contributed by atoms with Crippen molar-refractivity contribution in [2.75, 3.05) is 0 Å². The van der Waals surface area contributed by atoms with Crippen LogP contribution in [0, 0.1) is 6.92 Å². The Hall–Kier alpha value is -0.530. The smallest absolute Gasteiger partial charge is 0.0682 e. The Morgan fingerprint density at radius 1 is 1.42 bits per heavy atom. The van der Waals surface area contributed by atoms with Crippen LogP contribution in [0.3, 0.4) is 0 Å². The van der Waals surface area contributed by atoms with Crippen LogP contribution in [0.2, 0.25) is 5.02 Å². The quantitative estimate of drug-likeness (QED) is 0.750. The van der Waals surface area contributed by atoms with Gasteiger partial charge in [0.15, 0.2) is 0 Å². The fourth-order valence-corrected chi connectivity index (χ4v) is 1.51. The maximum atomic E-state index is 8.93. The highest BCUT2D eigenvalue weighted by Gasteiger charge is 2.03. The minimum atomic E-state index is 0.0883. The number of aliphatic hydroxyl groups excluding tert-OH is 1. The van der Waals surface area contributed by atoms with Crippen molar-refractivity contribution < 1.29 is 5.11 Å². The molecule has 0 saturated heterocycles. The van der Waals surface area contributed by atoms with Gasteiger partial charge in [-0.15, -0.1) is 0 Å². The molecule has 0 heterocycles. The molecule has 0 bridgehead atoms. The third kappa shape index (κ3) is 1.79. The summed E-state index contributed by atoms with van der Waals surface area (Å²) in [5.74, 6) is 0. The SMILES string of the molecule is CCc1cc(CO)cc(C)c1Cl. The second-order valence-corrected chi connectivity index (χ2v) is 3.28. The van der Waals surface area contributed by atoms with E-state index in [1.165, 1.54) is 0 Å². The Bertz CT molecular complexity index is 281. The van der Waals surface area contributed by atoms with E-state index >= 15 is 0 Å². The summed E-state index contributed by atoms with van der Waals surface area (Å²) in [4.78, 5) is 0. The van der Waals surface area contributed by atoms with Crippen molar-refractivity contribution in [3.63, 3.8) is 0 Å². The van der Waals surface area contributed by atoms with Crippen LogP contribution in [0.1, 0.15) is 23.6 Å². The van der Waals surface area contributed by atoms with Crippen LogP contribution in [0.25, 0.3) is 0 Å². The molecule has 0 fully saturated rings. The zero-order valence-electron chi connectivity index (χ0n) is 7.39. The Balaban J connectivity index is 3.19. The van der Waals surface area contributed by atoms with Gasteiger partial charge in [-0.25, -0.2) is 0 Å². The maximum Gasteiger partial charge on any atom is 0.0682 e. The minimum Gasteiger partial charge on any atom is -0.392 e. The summed E-state index contributed by atoms with van der Waals surface area (Å²) >= 11 is 6.04. The van der Waals surface area contributed by atoms with Gasteiger partial charge in [-0.05, 0) is 30.0 Å². The Morgan fingerprint density at radius 3 is 2.58 bits per heavy atom. The van der Waals surface area contributed by atoms with Crippen molar-refractivity contribution in [3.05, 3.63) is 33.8 Å². The van der Waals surface area contributed by atoms with Crippen molar-refractivity contribution in [1.29, 1.82) is 0 Å². The first-order chi connectivity index (χ1) is 5.69. The summed E-state index contributed by atoms with van der Waals surface area (Å²) in [6.07, 6.45) is 0.910. The second kappa shape index (κ2) is 3.92. The lowest BCUT2D eigenvalue weighted by atomic mass is 10.1. The molecule has 2 heteroatoms. The fourth-order valence-electron chi connectivity index (χ4n) is 1.27. The average molecular weight is 185 g/mol. The molecular weight excluding hydrogens is 172 g/mol. The van der Waals surface area contributed by atoms with E-state index in [-0.39, 0.29) is 6.61 Å². The molecule has 0 aliphatic carbocycles. The molecule has 1 aromatic rings. The first-order valence-corrected chi connectivity index (χ1v) is 4.45. The first-order valence-electron chi connectivity index (χ1n) is 4.07. The van der Waals surface area contributed by atoms with Crippen molar-refractivity contribution in [2.45, 2.75) is 26.9 Å². The molecule has 0 aromatic heterocycles. The van der Waals surface area contributed by atoms with E-state index in [0.29, 0.717) is 0 Å². The molecule has 1 aromatic carbocycles. The predicted molar refractivity (Wildman–Crippen MR) is 51.5 cm³/mol. The van der Waals surface area contributed by atoms with E-state index < -0.39 is 0 Å². The molecular formula is C10H13ClO. The normalized spacial score (nSPS) is 10.3. The van der Waals surface area contributed by atoms with E-state index in [1.54, 1.807) is 0 Å². The summed E-state index contributed by atoms with van der Waals surface area (Å²) in [6.45, 7) is 4.10. The van der Waals surface area contributed by atoms with Crippen molar-refractivity contribution in [2.24, 2.45) is 0 Å². The van der Waals surface area contributed by atoms with Crippen LogP contribution in [0.5, 0.6) is 0 Å². The van der Waals surface area contributed by atoms with Crippen molar-refractivity contribution in [1.82, 2.24) is 0 Å². The summed E-state index contributed by atoms with van der Waals surface area (Å²) < 4.78 is 0. The number of halogens is 1. The number of aryl methyl sites for hydroxylation is 2. The average Bonchev–Trinajstić information content (AvgIpc) is 2.09. The number of benzene rings is 1. The Morgan fingerprint density at radius 2 is 2.08 bits per heavy atom. The van der Waals surface area contributed by atoms with Gasteiger partial charge in [0.05, 0.1) is 6.61 Å². The van der Waals surface area contributed by atoms with E-state index in [0.717, 1.165) is 28.1 Å². The van der Waals surface area contributed by atoms with E-state index in [1.807, 2.05) is 19.1 Å². The number of rotatable bonds is 2. The molecule has 0 saturated carbocycles. The van der Waals surface area contributed by atoms with Gasteiger partial charge in [-0.1, -0.05) is 30.7 Å². The summed E-state index contributed by atoms with van der Waals surface area (Å²) in [7, 11) is 0. The van der Waals surface area contributed by atoms with Gasteiger partial charge in [0.2, 0.25) is 0 Å². The van der Waals surface area contributed by atoms with Crippen molar-refractivity contribution >= 4 is 11.6 Å². The van der Waals surface area contributed by atoms with E-state index in [9.17, 15) is 0 Å². The molecule has 0 spiro atoms. The van der Waals surface area contributed by atoms with Crippen LogP contribution in [0.15, 0.2) is 12.1 Å². The fraction of sp³-hybridized carbons (Fsp3) is 0.400.